The fourth-order valence-corrected chi connectivity index (χ4v) is 8.38. The lowest BCUT2D eigenvalue weighted by molar-refractivity contribution is 0.670. The molecule has 2 heteroatoms. The third-order valence-corrected chi connectivity index (χ3v) is 11.1. The molecule has 0 bridgehead atoms. The van der Waals surface area contributed by atoms with E-state index < -0.39 is 0 Å². The summed E-state index contributed by atoms with van der Waals surface area (Å²) in [5.41, 5.74) is 19.6. The van der Waals surface area contributed by atoms with Crippen molar-refractivity contribution in [2.45, 2.75) is 13.8 Å². The standard InChI is InChI=1S/C55H39NO/c1-36-25-29-41(30-26-36)50-49(39-17-8-4-9-18-39)53(43-33-34-47(56-35-43)38-15-6-3-7-16-38)54(46-23-14-22-45-44-21-12-13-24-48(44)57-55(45)46)52(40-19-10-5-11-20-40)51(50)42-31-27-37(2)28-32-42/h3-35H,1-2H3. The first-order valence-corrected chi connectivity index (χ1v) is 19.5. The minimum atomic E-state index is 0.864. The van der Waals surface area contributed by atoms with Gasteiger partial charge in [-0.15, -0.1) is 0 Å². The van der Waals surface area contributed by atoms with E-state index in [1.54, 1.807) is 0 Å². The van der Waals surface area contributed by atoms with Gasteiger partial charge in [-0.25, -0.2) is 0 Å². The Morgan fingerprint density at radius 3 is 1.32 bits per heavy atom. The highest BCUT2D eigenvalue weighted by Crippen LogP contribution is 2.57. The molecule has 2 heterocycles. The summed E-state index contributed by atoms with van der Waals surface area (Å²) in [4.78, 5) is 5.18. The van der Waals surface area contributed by atoms with Crippen molar-refractivity contribution in [3.05, 3.63) is 211 Å². The Bertz CT molecular complexity index is 3020. The second kappa shape index (κ2) is 14.4. The monoisotopic (exact) mass is 729 g/mol. The molecule has 0 aliphatic rings. The molecule has 0 unspecified atom stereocenters. The number of para-hydroxylation sites is 2. The van der Waals surface area contributed by atoms with E-state index >= 15 is 0 Å². The van der Waals surface area contributed by atoms with Gasteiger partial charge in [0.05, 0.1) is 5.69 Å². The minimum Gasteiger partial charge on any atom is -0.455 e. The van der Waals surface area contributed by atoms with Gasteiger partial charge in [-0.1, -0.05) is 193 Å². The largest absolute Gasteiger partial charge is 0.455 e. The maximum absolute atomic E-state index is 6.92. The number of aromatic nitrogens is 1. The molecular weight excluding hydrogens is 691 g/mol. The number of furan rings is 1. The van der Waals surface area contributed by atoms with Gasteiger partial charge in [-0.2, -0.15) is 0 Å². The zero-order valence-electron chi connectivity index (χ0n) is 31.9. The van der Waals surface area contributed by atoms with E-state index in [0.717, 1.165) is 88.8 Å². The van der Waals surface area contributed by atoms with Crippen LogP contribution in [0, 0.1) is 13.8 Å². The van der Waals surface area contributed by atoms with Crippen LogP contribution in [0.25, 0.3) is 100.0 Å². The van der Waals surface area contributed by atoms with Gasteiger partial charge in [0.25, 0.3) is 0 Å². The molecular formula is C55H39NO. The van der Waals surface area contributed by atoms with Crippen LogP contribution in [0.2, 0.25) is 0 Å². The number of hydrogen-bond donors (Lipinski definition) is 0. The predicted molar refractivity (Wildman–Crippen MR) is 239 cm³/mol. The van der Waals surface area contributed by atoms with Crippen molar-refractivity contribution in [1.82, 2.24) is 4.98 Å². The molecule has 0 saturated heterocycles. The lowest BCUT2D eigenvalue weighted by Gasteiger charge is -2.29. The van der Waals surface area contributed by atoms with Crippen LogP contribution in [0.3, 0.4) is 0 Å². The summed E-state index contributed by atoms with van der Waals surface area (Å²) in [6.45, 7) is 4.31. The molecule has 57 heavy (non-hydrogen) atoms. The maximum Gasteiger partial charge on any atom is 0.143 e. The second-order valence-corrected chi connectivity index (χ2v) is 14.8. The Morgan fingerprint density at radius 1 is 0.333 bits per heavy atom. The lowest BCUT2D eigenvalue weighted by atomic mass is 9.74. The van der Waals surface area contributed by atoms with Gasteiger partial charge in [-0.05, 0) is 70.5 Å². The Morgan fingerprint density at radius 2 is 0.772 bits per heavy atom. The van der Waals surface area contributed by atoms with Gasteiger partial charge in [0, 0.05) is 44.8 Å². The van der Waals surface area contributed by atoms with Crippen molar-refractivity contribution in [3.8, 4) is 78.0 Å². The number of aryl methyl sites for hydroxylation is 2. The van der Waals surface area contributed by atoms with Gasteiger partial charge in [0.2, 0.25) is 0 Å². The summed E-state index contributed by atoms with van der Waals surface area (Å²) >= 11 is 0. The van der Waals surface area contributed by atoms with Crippen molar-refractivity contribution >= 4 is 21.9 Å². The van der Waals surface area contributed by atoms with Crippen molar-refractivity contribution in [3.63, 3.8) is 0 Å². The molecule has 270 valence electrons. The first kappa shape index (κ1) is 34.2. The molecule has 0 spiro atoms. The van der Waals surface area contributed by atoms with Crippen LogP contribution in [0.5, 0.6) is 0 Å². The van der Waals surface area contributed by atoms with E-state index in [4.69, 9.17) is 9.40 Å². The highest BCUT2D eigenvalue weighted by Gasteiger charge is 2.30. The number of fused-ring (bicyclic) bond motifs is 3. The molecule has 0 radical (unpaired) electrons. The van der Waals surface area contributed by atoms with Crippen molar-refractivity contribution in [1.29, 1.82) is 0 Å². The molecule has 10 aromatic rings. The molecule has 10 rings (SSSR count). The summed E-state index contributed by atoms with van der Waals surface area (Å²) in [7, 11) is 0. The Labute approximate surface area is 333 Å². The van der Waals surface area contributed by atoms with Gasteiger partial charge in [0.1, 0.15) is 11.2 Å². The smallest absolute Gasteiger partial charge is 0.143 e. The number of nitrogens with zero attached hydrogens (tertiary/aromatic N) is 1. The van der Waals surface area contributed by atoms with E-state index in [1.807, 2.05) is 12.1 Å². The quantitative estimate of drug-likeness (QED) is 0.163. The van der Waals surface area contributed by atoms with Gasteiger partial charge in [-0.3, -0.25) is 4.98 Å². The summed E-state index contributed by atoms with van der Waals surface area (Å²) < 4.78 is 6.92. The van der Waals surface area contributed by atoms with Gasteiger partial charge < -0.3 is 4.42 Å². The Hall–Kier alpha value is -7.29. The fourth-order valence-electron chi connectivity index (χ4n) is 8.38. The zero-order chi connectivity index (χ0) is 38.3. The van der Waals surface area contributed by atoms with Gasteiger partial charge in [0.15, 0.2) is 0 Å². The molecule has 2 aromatic heterocycles. The first-order valence-electron chi connectivity index (χ1n) is 19.5. The summed E-state index contributed by atoms with van der Waals surface area (Å²) in [6.07, 6.45) is 2.06. The van der Waals surface area contributed by atoms with Crippen LogP contribution in [-0.4, -0.2) is 4.98 Å². The maximum atomic E-state index is 6.92. The number of rotatable bonds is 7. The van der Waals surface area contributed by atoms with Crippen molar-refractivity contribution in [2.24, 2.45) is 0 Å². The summed E-state index contributed by atoms with van der Waals surface area (Å²) in [5.74, 6) is 0. The number of hydrogen-bond acceptors (Lipinski definition) is 2. The van der Waals surface area contributed by atoms with E-state index in [9.17, 15) is 0 Å². The van der Waals surface area contributed by atoms with Crippen LogP contribution >= 0.6 is 0 Å². The van der Waals surface area contributed by atoms with Crippen LogP contribution in [0.1, 0.15) is 11.1 Å². The zero-order valence-corrected chi connectivity index (χ0v) is 31.9. The van der Waals surface area contributed by atoms with Crippen molar-refractivity contribution in [2.75, 3.05) is 0 Å². The fraction of sp³-hybridized carbons (Fsp3) is 0.0364. The van der Waals surface area contributed by atoms with Crippen LogP contribution in [0.4, 0.5) is 0 Å². The normalized spacial score (nSPS) is 11.3. The Balaban J connectivity index is 1.47. The average Bonchev–Trinajstić information content (AvgIpc) is 3.66. The summed E-state index contributed by atoms with van der Waals surface area (Å²) in [6, 6.07) is 69.6. The molecule has 0 aliphatic carbocycles. The first-order chi connectivity index (χ1) is 28.1. The Kier molecular flexibility index (Phi) is 8.65. The molecule has 8 aromatic carbocycles. The topological polar surface area (TPSA) is 26.0 Å². The third-order valence-electron chi connectivity index (χ3n) is 11.1. The third kappa shape index (κ3) is 6.13. The van der Waals surface area contributed by atoms with E-state index in [2.05, 4.69) is 202 Å². The van der Waals surface area contributed by atoms with E-state index in [0.29, 0.717) is 0 Å². The van der Waals surface area contributed by atoms with E-state index in [1.165, 1.54) is 22.3 Å². The van der Waals surface area contributed by atoms with E-state index in [-0.39, 0.29) is 0 Å². The SMILES string of the molecule is Cc1ccc(-c2c(-c3ccc(C)cc3)c(-c3ccccc3)c(-c3cccc4c3oc3ccccc34)c(-c3ccc(-c4ccccc4)nc3)c2-c2ccccc2)cc1. The predicted octanol–water partition coefficient (Wildman–Crippen LogP) is 15.3. The molecule has 0 amide bonds. The second-order valence-electron chi connectivity index (χ2n) is 14.8. The minimum absolute atomic E-state index is 0.864. The number of pyridine rings is 1. The lowest BCUT2D eigenvalue weighted by Crippen LogP contribution is -2.02. The average molecular weight is 730 g/mol. The molecule has 0 fully saturated rings. The van der Waals surface area contributed by atoms with Gasteiger partial charge >= 0.3 is 0 Å². The highest BCUT2D eigenvalue weighted by atomic mass is 16.3. The highest BCUT2D eigenvalue weighted by molar-refractivity contribution is 6.19. The molecule has 0 aliphatic heterocycles. The van der Waals surface area contributed by atoms with Crippen LogP contribution in [-0.2, 0) is 0 Å². The molecule has 2 nitrogen and oxygen atoms in total. The van der Waals surface area contributed by atoms with Crippen LogP contribution < -0.4 is 0 Å². The molecule has 0 saturated carbocycles. The molecule has 0 N–H and O–H groups in total. The van der Waals surface area contributed by atoms with Crippen molar-refractivity contribution < 1.29 is 4.42 Å². The van der Waals surface area contributed by atoms with Crippen LogP contribution in [0.15, 0.2) is 205 Å². The number of benzene rings is 8. The summed E-state index contributed by atoms with van der Waals surface area (Å²) in [5, 5.41) is 2.19. The molecule has 0 atom stereocenters.